The smallest absolute Gasteiger partial charge is 0.290 e. The first-order valence-corrected chi connectivity index (χ1v) is 10.3. The molecular weight excluding hydrogens is 382 g/mol. The molecule has 0 aliphatic carbocycles. The van der Waals surface area contributed by atoms with Crippen LogP contribution < -0.4 is 0 Å². The van der Waals surface area contributed by atoms with Crippen LogP contribution in [0.2, 0.25) is 0 Å². The molecule has 162 valence electrons. The summed E-state index contributed by atoms with van der Waals surface area (Å²) in [6, 6.07) is 4.66. The van der Waals surface area contributed by atoms with Crippen molar-refractivity contribution in [1.82, 2.24) is 24.6 Å². The second-order valence-electron chi connectivity index (χ2n) is 7.87. The molecule has 2 aromatic heterocycles. The van der Waals surface area contributed by atoms with Gasteiger partial charge in [-0.2, -0.15) is 5.10 Å². The molecule has 0 spiro atoms. The number of hydrogen-bond acceptors (Lipinski definition) is 6. The fourth-order valence-electron chi connectivity index (χ4n) is 4.26. The van der Waals surface area contributed by atoms with E-state index in [0.29, 0.717) is 12.0 Å². The molecule has 4 heterocycles. The molecule has 0 unspecified atom stereocenters. The second-order valence-corrected chi connectivity index (χ2v) is 7.87. The molecular formula is C22H31N5O3. The summed E-state index contributed by atoms with van der Waals surface area (Å²) in [7, 11) is 0. The number of carbonyl (C=O) groups is 1. The van der Waals surface area contributed by atoms with Gasteiger partial charge >= 0.3 is 0 Å². The highest BCUT2D eigenvalue weighted by Crippen LogP contribution is 2.23. The standard InChI is InChI=1S/C21H29N5O.CH2O2/c1-3-8-26-17(2)20(9-23-26)13-24-10-19-12-25(21(14-24)16-27-15-19)11-18-4-6-22-7-5-18;2-1-3/h3-7,9,19,21H,1,8,10-16H2,2H3;1H,(H,2,3)/t19-,21-;/m0./s1. The summed E-state index contributed by atoms with van der Waals surface area (Å²) in [6.07, 6.45) is 7.68. The number of ether oxygens (including phenoxy) is 1. The van der Waals surface area contributed by atoms with Crippen LogP contribution in [0, 0.1) is 12.8 Å². The molecule has 2 aliphatic rings. The van der Waals surface area contributed by atoms with E-state index < -0.39 is 0 Å². The fourth-order valence-corrected chi connectivity index (χ4v) is 4.26. The van der Waals surface area contributed by atoms with Gasteiger partial charge in [-0.05, 0) is 24.6 Å². The minimum atomic E-state index is -0.250. The highest BCUT2D eigenvalue weighted by Gasteiger charge is 2.33. The predicted molar refractivity (Wildman–Crippen MR) is 114 cm³/mol. The van der Waals surface area contributed by atoms with Gasteiger partial charge < -0.3 is 9.84 Å². The molecule has 8 nitrogen and oxygen atoms in total. The number of aromatic nitrogens is 3. The van der Waals surface area contributed by atoms with Crippen LogP contribution >= 0.6 is 0 Å². The lowest BCUT2D eigenvalue weighted by atomic mass is 10.1. The zero-order valence-electron chi connectivity index (χ0n) is 17.6. The normalized spacial score (nSPS) is 21.9. The molecule has 2 saturated heterocycles. The fraction of sp³-hybridized carbons (Fsp3) is 0.500. The molecule has 0 saturated carbocycles. The molecule has 0 radical (unpaired) electrons. The van der Waals surface area contributed by atoms with E-state index in [4.69, 9.17) is 14.6 Å². The van der Waals surface area contributed by atoms with Crippen LogP contribution in [0.5, 0.6) is 0 Å². The Morgan fingerprint density at radius 1 is 1.23 bits per heavy atom. The lowest BCUT2D eigenvalue weighted by Gasteiger charge is -2.31. The van der Waals surface area contributed by atoms with E-state index in [1.165, 1.54) is 16.8 Å². The van der Waals surface area contributed by atoms with Gasteiger partial charge in [0.05, 0.1) is 26.0 Å². The first kappa shape index (κ1) is 22.1. The average molecular weight is 414 g/mol. The van der Waals surface area contributed by atoms with Crippen molar-refractivity contribution in [3.05, 3.63) is 60.2 Å². The lowest BCUT2D eigenvalue weighted by molar-refractivity contribution is -0.122. The largest absolute Gasteiger partial charge is 0.483 e. The van der Waals surface area contributed by atoms with Gasteiger partial charge in [0.25, 0.3) is 6.47 Å². The van der Waals surface area contributed by atoms with E-state index in [9.17, 15) is 0 Å². The maximum atomic E-state index is 8.36. The SMILES string of the molecule is C=CCn1ncc(CN2C[C@@H]3COC[C@H](C2)N(Cc2ccncc2)C3)c1C.O=CO. The van der Waals surface area contributed by atoms with Crippen LogP contribution in [0.15, 0.2) is 43.4 Å². The number of pyridine rings is 1. The molecule has 2 bridgehead atoms. The highest BCUT2D eigenvalue weighted by molar-refractivity contribution is 5.32. The molecule has 2 aliphatic heterocycles. The summed E-state index contributed by atoms with van der Waals surface area (Å²) in [5.41, 5.74) is 3.89. The molecule has 2 aromatic rings. The number of fused-ring (bicyclic) bond motifs is 3. The van der Waals surface area contributed by atoms with E-state index in [-0.39, 0.29) is 6.47 Å². The number of nitrogens with zero attached hydrogens (tertiary/aromatic N) is 5. The minimum absolute atomic E-state index is 0.250. The van der Waals surface area contributed by atoms with Gasteiger partial charge in [0.15, 0.2) is 0 Å². The quantitative estimate of drug-likeness (QED) is 0.571. The third kappa shape index (κ3) is 5.75. The first-order valence-electron chi connectivity index (χ1n) is 10.3. The maximum absolute atomic E-state index is 8.36. The Morgan fingerprint density at radius 2 is 2.00 bits per heavy atom. The molecule has 2 atom stereocenters. The third-order valence-electron chi connectivity index (χ3n) is 5.69. The van der Waals surface area contributed by atoms with Gasteiger partial charge in [0.2, 0.25) is 0 Å². The van der Waals surface area contributed by atoms with E-state index in [0.717, 1.165) is 52.5 Å². The number of hydrogen-bond donors (Lipinski definition) is 1. The topological polar surface area (TPSA) is 83.7 Å². The van der Waals surface area contributed by atoms with Gasteiger partial charge in [-0.25, -0.2) is 0 Å². The first-order chi connectivity index (χ1) is 14.6. The number of rotatable bonds is 6. The van der Waals surface area contributed by atoms with E-state index in [2.05, 4.69) is 45.5 Å². The van der Waals surface area contributed by atoms with Crippen molar-refractivity contribution in [2.75, 3.05) is 32.8 Å². The average Bonchev–Trinajstić information content (AvgIpc) is 2.88. The monoisotopic (exact) mass is 413 g/mol. The summed E-state index contributed by atoms with van der Waals surface area (Å²) in [5, 5.41) is 11.4. The van der Waals surface area contributed by atoms with Gasteiger partial charge in [-0.1, -0.05) is 6.08 Å². The van der Waals surface area contributed by atoms with Crippen LogP contribution in [0.4, 0.5) is 0 Å². The van der Waals surface area contributed by atoms with Crippen molar-refractivity contribution in [2.24, 2.45) is 5.92 Å². The van der Waals surface area contributed by atoms with Crippen molar-refractivity contribution in [3.63, 3.8) is 0 Å². The Labute approximate surface area is 177 Å². The Bertz CT molecular complexity index is 810. The minimum Gasteiger partial charge on any atom is -0.483 e. The number of allylic oxidation sites excluding steroid dienone is 1. The number of carboxylic acid groups (broad SMARTS) is 1. The van der Waals surface area contributed by atoms with Crippen LogP contribution in [0.25, 0.3) is 0 Å². The lowest BCUT2D eigenvalue weighted by Crippen LogP contribution is -2.43. The zero-order chi connectivity index (χ0) is 21.3. The summed E-state index contributed by atoms with van der Waals surface area (Å²) in [6.45, 7) is 13.3. The van der Waals surface area contributed by atoms with Crippen molar-refractivity contribution in [1.29, 1.82) is 0 Å². The molecule has 2 fully saturated rings. The van der Waals surface area contributed by atoms with Gasteiger partial charge in [0, 0.05) is 68.3 Å². The maximum Gasteiger partial charge on any atom is 0.290 e. The summed E-state index contributed by atoms with van der Waals surface area (Å²) in [5.74, 6) is 0.544. The molecule has 0 aromatic carbocycles. The Balaban J connectivity index is 0.000000806. The Hall–Kier alpha value is -2.55. The molecule has 8 heteroatoms. The van der Waals surface area contributed by atoms with Crippen molar-refractivity contribution < 1.29 is 14.6 Å². The van der Waals surface area contributed by atoms with Crippen LogP contribution in [0.1, 0.15) is 16.8 Å². The Kier molecular flexibility index (Phi) is 8.12. The highest BCUT2D eigenvalue weighted by atomic mass is 16.5. The summed E-state index contributed by atoms with van der Waals surface area (Å²) < 4.78 is 8.01. The predicted octanol–water partition coefficient (Wildman–Crippen LogP) is 1.81. The van der Waals surface area contributed by atoms with Gasteiger partial charge in [-0.15, -0.1) is 6.58 Å². The molecule has 4 rings (SSSR count). The van der Waals surface area contributed by atoms with Gasteiger partial charge in [0.1, 0.15) is 0 Å². The third-order valence-corrected chi connectivity index (χ3v) is 5.69. The zero-order valence-corrected chi connectivity index (χ0v) is 17.6. The Morgan fingerprint density at radius 3 is 2.73 bits per heavy atom. The molecule has 30 heavy (non-hydrogen) atoms. The van der Waals surface area contributed by atoms with Crippen molar-refractivity contribution in [3.8, 4) is 0 Å². The van der Waals surface area contributed by atoms with Crippen molar-refractivity contribution in [2.45, 2.75) is 32.6 Å². The van der Waals surface area contributed by atoms with Crippen molar-refractivity contribution >= 4 is 6.47 Å². The summed E-state index contributed by atoms with van der Waals surface area (Å²) in [4.78, 5) is 17.7. The van der Waals surface area contributed by atoms with Crippen LogP contribution in [-0.4, -0.2) is 75.0 Å². The van der Waals surface area contributed by atoms with Crippen LogP contribution in [0.3, 0.4) is 0 Å². The van der Waals surface area contributed by atoms with Crippen LogP contribution in [-0.2, 0) is 29.2 Å². The molecule has 1 N–H and O–H groups in total. The van der Waals surface area contributed by atoms with E-state index in [1.54, 1.807) is 0 Å². The van der Waals surface area contributed by atoms with Gasteiger partial charge in [-0.3, -0.25) is 24.3 Å². The molecule has 0 amide bonds. The second kappa shape index (κ2) is 11.0. The van der Waals surface area contributed by atoms with E-state index in [1.807, 2.05) is 29.3 Å². The van der Waals surface area contributed by atoms with E-state index >= 15 is 0 Å². The summed E-state index contributed by atoms with van der Waals surface area (Å²) >= 11 is 0.